The number of benzene rings is 3. The number of aryl methyl sites for hydroxylation is 1. The smallest absolute Gasteiger partial charge is 0.337 e. The van der Waals surface area contributed by atoms with Crippen molar-refractivity contribution in [2.45, 2.75) is 13.5 Å². The van der Waals surface area contributed by atoms with Crippen molar-refractivity contribution in [3.63, 3.8) is 0 Å². The zero-order valence-electron chi connectivity index (χ0n) is 18.5. The maximum Gasteiger partial charge on any atom is 0.337 e. The van der Waals surface area contributed by atoms with Crippen molar-refractivity contribution >= 4 is 34.8 Å². The van der Waals surface area contributed by atoms with Crippen LogP contribution in [-0.2, 0) is 6.54 Å². The molecule has 4 aromatic rings. The van der Waals surface area contributed by atoms with Crippen LogP contribution in [0.4, 0.5) is 0 Å². The first-order valence-corrected chi connectivity index (χ1v) is 11.6. The summed E-state index contributed by atoms with van der Waals surface area (Å²) in [5, 5.41) is 13.3. The molecule has 0 unspecified atom stereocenters. The number of nitrogens with zero attached hydrogens (tertiary/aromatic N) is 1. The molecule has 34 heavy (non-hydrogen) atoms. The van der Waals surface area contributed by atoms with E-state index in [0.29, 0.717) is 21.9 Å². The van der Waals surface area contributed by atoms with Crippen LogP contribution in [0.15, 0.2) is 66.7 Å². The van der Waals surface area contributed by atoms with Crippen molar-refractivity contribution in [2.24, 2.45) is 0 Å². The number of hydrogen-bond donors (Lipinski definition) is 2. The van der Waals surface area contributed by atoms with Crippen LogP contribution in [0, 0.1) is 6.92 Å². The molecule has 1 heterocycles. The van der Waals surface area contributed by atoms with Gasteiger partial charge >= 0.3 is 5.97 Å². The fraction of sp³-hybridized carbons (Fsp3) is 0.115. The summed E-state index contributed by atoms with van der Waals surface area (Å²) in [6, 6.07) is 20.1. The summed E-state index contributed by atoms with van der Waals surface area (Å²) in [5.74, 6) is -0.700. The number of ether oxygens (including phenoxy) is 1. The van der Waals surface area contributed by atoms with E-state index in [-0.39, 0.29) is 23.0 Å². The minimum Gasteiger partial charge on any atom is -0.496 e. The van der Waals surface area contributed by atoms with E-state index in [9.17, 15) is 14.7 Å². The Morgan fingerprint density at radius 3 is 2.44 bits per heavy atom. The number of amides is 1. The summed E-state index contributed by atoms with van der Waals surface area (Å²) in [6.45, 7) is 2.05. The monoisotopic (exact) mass is 492 g/mol. The van der Waals surface area contributed by atoms with E-state index < -0.39 is 5.97 Å². The number of halogens is 1. The quantitative estimate of drug-likeness (QED) is 0.326. The van der Waals surface area contributed by atoms with Crippen LogP contribution >= 0.6 is 22.9 Å². The van der Waals surface area contributed by atoms with Gasteiger partial charge in [-0.3, -0.25) is 4.79 Å². The average Bonchev–Trinajstić information content (AvgIpc) is 3.24. The van der Waals surface area contributed by atoms with E-state index in [1.807, 2.05) is 49.4 Å². The van der Waals surface area contributed by atoms with Gasteiger partial charge in [0.25, 0.3) is 5.91 Å². The van der Waals surface area contributed by atoms with E-state index in [1.54, 1.807) is 25.3 Å². The second-order valence-electron chi connectivity index (χ2n) is 7.51. The molecule has 172 valence electrons. The minimum atomic E-state index is -1.09. The maximum absolute atomic E-state index is 12.9. The number of rotatable bonds is 7. The number of thiazole rings is 1. The Morgan fingerprint density at radius 2 is 1.74 bits per heavy atom. The Kier molecular flexibility index (Phi) is 6.95. The lowest BCUT2D eigenvalue weighted by Gasteiger charge is -2.12. The molecule has 4 rings (SSSR count). The maximum atomic E-state index is 12.9. The van der Waals surface area contributed by atoms with Gasteiger partial charge in [-0.2, -0.15) is 0 Å². The molecule has 0 aliphatic heterocycles. The normalized spacial score (nSPS) is 10.7. The number of aromatic nitrogens is 1. The number of carbonyl (C=O) groups excluding carboxylic acids is 1. The number of carbonyl (C=O) groups is 2. The van der Waals surface area contributed by atoms with Gasteiger partial charge < -0.3 is 15.2 Å². The molecule has 0 saturated carbocycles. The molecule has 0 fully saturated rings. The van der Waals surface area contributed by atoms with Gasteiger partial charge in [-0.1, -0.05) is 54.1 Å². The summed E-state index contributed by atoms with van der Waals surface area (Å²) < 4.78 is 5.46. The zero-order valence-corrected chi connectivity index (χ0v) is 20.0. The van der Waals surface area contributed by atoms with E-state index in [0.717, 1.165) is 21.7 Å². The van der Waals surface area contributed by atoms with Crippen molar-refractivity contribution in [2.75, 3.05) is 7.11 Å². The van der Waals surface area contributed by atoms with Crippen LogP contribution in [0.25, 0.3) is 21.7 Å². The highest BCUT2D eigenvalue weighted by atomic mass is 35.5. The molecule has 0 spiro atoms. The third-order valence-corrected chi connectivity index (χ3v) is 6.81. The summed E-state index contributed by atoms with van der Waals surface area (Å²) in [7, 11) is 1.56. The molecule has 0 aliphatic carbocycles. The number of methoxy groups -OCH3 is 1. The van der Waals surface area contributed by atoms with Gasteiger partial charge in [-0.25, -0.2) is 9.78 Å². The molecule has 8 heteroatoms. The van der Waals surface area contributed by atoms with Crippen molar-refractivity contribution < 1.29 is 19.4 Å². The first kappa shape index (κ1) is 23.5. The summed E-state index contributed by atoms with van der Waals surface area (Å²) in [6.07, 6.45) is 0. The predicted molar refractivity (Wildman–Crippen MR) is 134 cm³/mol. The van der Waals surface area contributed by atoms with Crippen molar-refractivity contribution in [3.05, 3.63) is 93.5 Å². The molecule has 6 nitrogen and oxygen atoms in total. The Hall–Kier alpha value is -3.68. The first-order chi connectivity index (χ1) is 16.4. The van der Waals surface area contributed by atoms with Gasteiger partial charge in [0, 0.05) is 17.7 Å². The highest BCUT2D eigenvalue weighted by Gasteiger charge is 2.17. The van der Waals surface area contributed by atoms with E-state index in [4.69, 9.17) is 16.3 Å². The molecule has 0 aliphatic rings. The Bertz CT molecular complexity index is 1370. The summed E-state index contributed by atoms with van der Waals surface area (Å²) in [4.78, 5) is 29.5. The lowest BCUT2D eigenvalue weighted by molar-refractivity contribution is 0.0696. The second-order valence-corrected chi connectivity index (χ2v) is 8.91. The summed E-state index contributed by atoms with van der Waals surface area (Å²) in [5.41, 5.74) is 3.90. The summed E-state index contributed by atoms with van der Waals surface area (Å²) >= 11 is 7.35. The Balaban J connectivity index is 1.56. The zero-order chi connectivity index (χ0) is 24.2. The van der Waals surface area contributed by atoms with Crippen LogP contribution in [0.1, 0.15) is 31.3 Å². The standard InChI is InChI=1S/C26H21ClN2O4S/c1-15-23(34-25(29-15)16-6-4-3-5-7-16)24(30)28-14-19-12-17(9-11-22(19)33-2)18-8-10-21(27)20(13-18)26(31)32/h3-13H,14H2,1-2H3,(H,28,30)(H,31,32). The van der Waals surface area contributed by atoms with Crippen molar-refractivity contribution in [1.82, 2.24) is 10.3 Å². The first-order valence-electron chi connectivity index (χ1n) is 10.4. The van der Waals surface area contributed by atoms with Crippen LogP contribution in [0.5, 0.6) is 5.75 Å². The topological polar surface area (TPSA) is 88.5 Å². The van der Waals surface area contributed by atoms with Gasteiger partial charge in [0.1, 0.15) is 15.6 Å². The molecular weight excluding hydrogens is 472 g/mol. The van der Waals surface area contributed by atoms with Crippen LogP contribution < -0.4 is 10.1 Å². The highest BCUT2D eigenvalue weighted by molar-refractivity contribution is 7.17. The third-order valence-electron chi connectivity index (χ3n) is 5.27. The SMILES string of the molecule is COc1ccc(-c2ccc(Cl)c(C(=O)O)c2)cc1CNC(=O)c1sc(-c2ccccc2)nc1C. The van der Waals surface area contributed by atoms with Gasteiger partial charge in [0.15, 0.2) is 0 Å². The third kappa shape index (κ3) is 4.95. The number of hydrogen-bond acceptors (Lipinski definition) is 5. The Morgan fingerprint density at radius 1 is 1.03 bits per heavy atom. The van der Waals surface area contributed by atoms with Gasteiger partial charge in [0.2, 0.25) is 0 Å². The predicted octanol–water partition coefficient (Wildman–Crippen LogP) is 6.08. The van der Waals surface area contributed by atoms with Crippen molar-refractivity contribution in [1.29, 1.82) is 0 Å². The van der Waals surface area contributed by atoms with Crippen LogP contribution in [0.3, 0.4) is 0 Å². The molecule has 2 N–H and O–H groups in total. The van der Waals surface area contributed by atoms with Gasteiger partial charge in [0.05, 0.1) is 23.4 Å². The number of carboxylic acids is 1. The van der Waals surface area contributed by atoms with Crippen molar-refractivity contribution in [3.8, 4) is 27.4 Å². The molecule has 0 saturated heterocycles. The van der Waals surface area contributed by atoms with E-state index in [1.165, 1.54) is 17.4 Å². The molecule has 0 radical (unpaired) electrons. The molecular formula is C26H21ClN2O4S. The van der Waals surface area contributed by atoms with Crippen LogP contribution in [0.2, 0.25) is 5.02 Å². The van der Waals surface area contributed by atoms with Crippen LogP contribution in [-0.4, -0.2) is 29.1 Å². The van der Waals surface area contributed by atoms with E-state index >= 15 is 0 Å². The lowest BCUT2D eigenvalue weighted by atomic mass is 10.0. The number of nitrogens with one attached hydrogen (secondary N) is 1. The second kappa shape index (κ2) is 10.1. The Labute approximate surface area is 205 Å². The minimum absolute atomic E-state index is 0.0275. The number of aromatic carboxylic acids is 1. The number of carboxylic acid groups (broad SMARTS) is 1. The molecule has 0 bridgehead atoms. The van der Waals surface area contributed by atoms with E-state index in [2.05, 4.69) is 10.3 Å². The molecule has 3 aromatic carbocycles. The molecule has 0 atom stereocenters. The van der Waals surface area contributed by atoms with Gasteiger partial charge in [-0.15, -0.1) is 11.3 Å². The highest BCUT2D eigenvalue weighted by Crippen LogP contribution is 2.30. The molecule has 1 amide bonds. The lowest BCUT2D eigenvalue weighted by Crippen LogP contribution is -2.22. The largest absolute Gasteiger partial charge is 0.496 e. The average molecular weight is 493 g/mol. The van der Waals surface area contributed by atoms with Gasteiger partial charge in [-0.05, 0) is 42.3 Å². The fourth-order valence-electron chi connectivity index (χ4n) is 3.53. The molecule has 1 aromatic heterocycles. The fourth-order valence-corrected chi connectivity index (χ4v) is 4.72.